The van der Waals surface area contributed by atoms with E-state index in [0.29, 0.717) is 47.8 Å². The minimum Gasteiger partial charge on any atom is -0.305 e. The van der Waals surface area contributed by atoms with Gasteiger partial charge in [-0.15, -0.1) is 0 Å². The lowest BCUT2D eigenvalue weighted by Gasteiger charge is -2.48. The summed E-state index contributed by atoms with van der Waals surface area (Å²) in [5, 5.41) is 5.42. The third-order valence-electron chi connectivity index (χ3n) is 20.0. The van der Waals surface area contributed by atoms with Gasteiger partial charge in [0, 0.05) is 32.7 Å². The molecule has 5 aromatic carbocycles. The van der Waals surface area contributed by atoms with Crippen LogP contribution in [0.4, 0.5) is 17.6 Å². The van der Waals surface area contributed by atoms with Crippen molar-refractivity contribution in [1.29, 1.82) is 0 Å². The van der Waals surface area contributed by atoms with Crippen LogP contribution in [0.5, 0.6) is 0 Å². The molecule has 0 saturated heterocycles. The van der Waals surface area contributed by atoms with Gasteiger partial charge in [-0.25, -0.2) is 17.6 Å². The molecule has 65 heavy (non-hydrogen) atoms. The van der Waals surface area contributed by atoms with Crippen molar-refractivity contribution in [1.82, 2.24) is 14.4 Å². The molecule has 10 aliphatic rings. The Kier molecular flexibility index (Phi) is 5.37. The first-order chi connectivity index (χ1) is 31.6. The fraction of sp³-hybridized carbons (Fsp3) is 0.345. The van der Waals surface area contributed by atoms with Gasteiger partial charge in [0.15, 0.2) is 11.3 Å². The van der Waals surface area contributed by atoms with Gasteiger partial charge in [0.2, 0.25) is 0 Å². The molecule has 19 rings (SSSR count). The number of hydrogen-bond acceptors (Lipinski definition) is 2. The van der Waals surface area contributed by atoms with E-state index in [4.69, 9.17) is 9.97 Å². The number of hydrogen-bond donors (Lipinski definition) is 0. The summed E-state index contributed by atoms with van der Waals surface area (Å²) in [4.78, 5) is 10.2. The van der Waals surface area contributed by atoms with Gasteiger partial charge in [-0.05, 0) is 155 Å². The molecule has 7 unspecified atom stereocenters. The molecule has 0 radical (unpaired) electrons. The van der Waals surface area contributed by atoms with Crippen LogP contribution in [0, 0.1) is 29.1 Å². The molecule has 4 heterocycles. The van der Waals surface area contributed by atoms with Gasteiger partial charge in [0.25, 0.3) is 0 Å². The lowest BCUT2D eigenvalue weighted by atomic mass is 9.56. The SMILES string of the molecule is FC12CC3CC4CC(F)(CC34C1)c1c2ncc2c1c1cc3c(c4c5c6c(ncc5n2c14)C1(F)CC2CC(C1)CC6(F)C2)C1(c2ccccc2-c2ccccc21)c1cccc2cccc-3c12. The number of nitrogens with zero attached hydrogens (tertiary/aromatic N) is 3. The lowest BCUT2D eigenvalue weighted by Crippen LogP contribution is -2.41. The van der Waals surface area contributed by atoms with Gasteiger partial charge in [0.05, 0.1) is 45.7 Å². The number of halogens is 4. The molecule has 0 N–H and O–H groups in total. The van der Waals surface area contributed by atoms with Gasteiger partial charge in [-0.1, -0.05) is 84.9 Å². The molecule has 5 fully saturated rings. The van der Waals surface area contributed by atoms with Gasteiger partial charge < -0.3 is 4.40 Å². The molecule has 10 aliphatic carbocycles. The molecule has 0 amide bonds. The molecular weight excluding hydrogens is 815 g/mol. The first-order valence-corrected chi connectivity index (χ1v) is 24.1. The Morgan fingerprint density at radius 2 is 1.08 bits per heavy atom. The highest BCUT2D eigenvalue weighted by molar-refractivity contribution is 6.29. The summed E-state index contributed by atoms with van der Waals surface area (Å²) < 4.78 is 75.9. The summed E-state index contributed by atoms with van der Waals surface area (Å²) in [5.41, 5.74) is 4.31. The number of alkyl halides is 4. The van der Waals surface area contributed by atoms with Crippen molar-refractivity contribution in [2.24, 2.45) is 29.1 Å². The first kappa shape index (κ1) is 34.5. The zero-order valence-electron chi connectivity index (χ0n) is 35.5. The number of rotatable bonds is 0. The summed E-state index contributed by atoms with van der Waals surface area (Å²) in [6, 6.07) is 32.9. The van der Waals surface area contributed by atoms with Crippen LogP contribution in [-0.2, 0) is 28.1 Å². The standard InChI is InChI=1S/C58H41F4N3/c59-54-18-28-15-29(19-54)21-55(60,20-28)51-49(54)45-42(25-63-51)65-41-24-64-52-48(56(61)22-31-16-32-23-57(52,62)27-53(31,32)26-56)44(41)37-17-36-35-11-5-7-30-8-6-14-40(43(30)35)58(47(36)46(45)50(37)65)38-12-3-1-9-33(38)34-10-2-4-13-39(34)58/h1-14,17,24-25,28-29,31-32H,15-16,18-23,26-27H2. The zero-order chi connectivity index (χ0) is 42.5. The van der Waals surface area contributed by atoms with E-state index in [1.807, 2.05) is 0 Å². The predicted molar refractivity (Wildman–Crippen MR) is 244 cm³/mol. The number of benzene rings is 5. The summed E-state index contributed by atoms with van der Waals surface area (Å²) in [7, 11) is 0. The second kappa shape index (κ2) is 10.1. The van der Waals surface area contributed by atoms with Gasteiger partial charge >= 0.3 is 0 Å². The highest BCUT2D eigenvalue weighted by atomic mass is 19.2. The second-order valence-corrected chi connectivity index (χ2v) is 22.7. The number of fused-ring (bicyclic) bond motifs is 22. The van der Waals surface area contributed by atoms with Crippen molar-refractivity contribution in [3.8, 4) is 22.3 Å². The highest BCUT2D eigenvalue weighted by Gasteiger charge is 2.75. The second-order valence-electron chi connectivity index (χ2n) is 22.7. The van der Waals surface area contributed by atoms with Crippen LogP contribution in [0.2, 0.25) is 0 Å². The lowest BCUT2D eigenvalue weighted by molar-refractivity contribution is -0.0310. The Labute approximate surface area is 371 Å². The maximum absolute atomic E-state index is 19.0. The Morgan fingerprint density at radius 3 is 1.82 bits per heavy atom. The van der Waals surface area contributed by atoms with Crippen LogP contribution in [0.15, 0.2) is 103 Å². The molecule has 3 nitrogen and oxygen atoms in total. The summed E-state index contributed by atoms with van der Waals surface area (Å²) in [6.45, 7) is 0. The number of aromatic nitrogens is 3. The third-order valence-corrected chi connectivity index (χ3v) is 20.0. The van der Waals surface area contributed by atoms with E-state index in [1.165, 1.54) is 0 Å². The van der Waals surface area contributed by atoms with Crippen LogP contribution >= 0.6 is 0 Å². The minimum absolute atomic E-state index is 0.0675. The van der Waals surface area contributed by atoms with E-state index in [2.05, 4.69) is 95.4 Å². The normalized spacial score (nSPS) is 35.2. The molecule has 9 aromatic rings. The van der Waals surface area contributed by atoms with Crippen LogP contribution in [-0.4, -0.2) is 14.4 Å². The molecule has 5 saturated carbocycles. The van der Waals surface area contributed by atoms with Crippen LogP contribution in [0.1, 0.15) is 109 Å². The van der Waals surface area contributed by atoms with Crippen LogP contribution in [0.3, 0.4) is 0 Å². The van der Waals surface area contributed by atoms with Gasteiger partial charge in [0.1, 0.15) is 11.3 Å². The molecular formula is C58H41F4N3. The Balaban J connectivity index is 1.12. The fourth-order valence-corrected chi connectivity index (χ4v) is 18.4. The summed E-state index contributed by atoms with van der Waals surface area (Å²) >= 11 is 0. The van der Waals surface area contributed by atoms with E-state index in [1.54, 1.807) is 12.4 Å². The molecule has 7 bridgehead atoms. The average Bonchev–Trinajstić information content (AvgIpc) is 4.00. The summed E-state index contributed by atoms with van der Waals surface area (Å²) in [6.07, 6.45) is 7.90. The topological polar surface area (TPSA) is 30.2 Å². The largest absolute Gasteiger partial charge is 0.305 e. The monoisotopic (exact) mass is 855 g/mol. The minimum atomic E-state index is -1.79. The van der Waals surface area contributed by atoms with Gasteiger partial charge in [-0.2, -0.15) is 0 Å². The van der Waals surface area contributed by atoms with E-state index in [0.717, 1.165) is 95.2 Å². The van der Waals surface area contributed by atoms with E-state index in [-0.39, 0.29) is 66.2 Å². The Morgan fingerprint density at radius 1 is 0.492 bits per heavy atom. The highest BCUT2D eigenvalue weighted by Crippen LogP contribution is 2.80. The Hall–Kier alpha value is -5.82. The Bertz CT molecular complexity index is 3770. The van der Waals surface area contributed by atoms with Crippen molar-refractivity contribution in [2.45, 2.75) is 92.3 Å². The predicted octanol–water partition coefficient (Wildman–Crippen LogP) is 14.2. The maximum Gasteiger partial charge on any atom is 0.153 e. The fourth-order valence-electron chi connectivity index (χ4n) is 18.4. The zero-order valence-corrected chi connectivity index (χ0v) is 35.5. The molecule has 0 aliphatic heterocycles. The van der Waals surface area contributed by atoms with Crippen molar-refractivity contribution in [2.75, 3.05) is 0 Å². The third kappa shape index (κ3) is 3.41. The molecule has 7 atom stereocenters. The van der Waals surface area contributed by atoms with Crippen molar-refractivity contribution in [3.63, 3.8) is 0 Å². The number of pyridine rings is 2. The van der Waals surface area contributed by atoms with Crippen LogP contribution < -0.4 is 0 Å². The average molecular weight is 856 g/mol. The van der Waals surface area contributed by atoms with E-state index in [9.17, 15) is 0 Å². The van der Waals surface area contributed by atoms with Crippen LogP contribution in [0.25, 0.3) is 71.1 Å². The van der Waals surface area contributed by atoms with Gasteiger partial charge in [-0.3, -0.25) is 9.97 Å². The molecule has 7 heteroatoms. The molecule has 2 spiro atoms. The maximum atomic E-state index is 19.0. The van der Waals surface area contributed by atoms with Crippen molar-refractivity contribution in [3.05, 3.63) is 148 Å². The summed E-state index contributed by atoms with van der Waals surface area (Å²) in [5.74, 6) is 0.225. The van der Waals surface area contributed by atoms with E-state index >= 15 is 17.6 Å². The van der Waals surface area contributed by atoms with Crippen molar-refractivity contribution < 1.29 is 17.6 Å². The smallest absolute Gasteiger partial charge is 0.153 e. The van der Waals surface area contributed by atoms with E-state index < -0.39 is 28.1 Å². The quantitative estimate of drug-likeness (QED) is 0.142. The first-order valence-electron chi connectivity index (χ1n) is 24.1. The van der Waals surface area contributed by atoms with Crippen molar-refractivity contribution >= 4 is 48.9 Å². The molecule has 316 valence electrons. The molecule has 4 aromatic heterocycles.